The van der Waals surface area contributed by atoms with Gasteiger partial charge in [0.15, 0.2) is 21.4 Å². The van der Waals surface area contributed by atoms with Crippen LogP contribution in [0.3, 0.4) is 0 Å². The van der Waals surface area contributed by atoms with Crippen LogP contribution in [0.1, 0.15) is 59.7 Å². The molecule has 2 heterocycles. The number of hydrogen-bond acceptors (Lipinski definition) is 7. The number of carbonyl (C=O) groups is 1. The number of sulfone groups is 1. The maximum absolute atomic E-state index is 12.8. The Morgan fingerprint density at radius 2 is 1.81 bits per heavy atom. The van der Waals surface area contributed by atoms with Crippen LogP contribution in [0.25, 0.3) is 0 Å². The molecule has 0 spiro atoms. The molecule has 148 valence electrons. The predicted octanol–water partition coefficient (Wildman–Crippen LogP) is 1.55. The van der Waals surface area contributed by atoms with Crippen LogP contribution >= 0.6 is 0 Å². The Hall–Kier alpha value is -1.35. The van der Waals surface area contributed by atoms with Crippen LogP contribution in [0.5, 0.6) is 0 Å². The topological polar surface area (TPSA) is 104 Å². The molecule has 0 amide bonds. The molecule has 1 aliphatic rings. The van der Waals surface area contributed by atoms with Crippen LogP contribution in [0.4, 0.5) is 0 Å². The first-order valence-corrected chi connectivity index (χ1v) is 10.7. The molecule has 8 nitrogen and oxygen atoms in total. The highest BCUT2D eigenvalue weighted by Crippen LogP contribution is 2.25. The standard InChI is InChI=1S/C17H30N4O4S/c1-16(2,3)21-19-15(18-20-21)12-14(22)17(4,5)26(23,24)11-8-13-6-9-25-10-7-13/h13H,6-12H2,1-5H3. The zero-order valence-electron chi connectivity index (χ0n) is 16.4. The summed E-state index contributed by atoms with van der Waals surface area (Å²) < 4.78 is 29.4. The summed E-state index contributed by atoms with van der Waals surface area (Å²) in [6.45, 7) is 10.1. The van der Waals surface area contributed by atoms with Gasteiger partial charge in [-0.2, -0.15) is 4.80 Å². The lowest BCUT2D eigenvalue weighted by Gasteiger charge is -2.26. The number of tetrazole rings is 1. The molecule has 1 saturated heterocycles. The number of nitrogens with zero attached hydrogens (tertiary/aromatic N) is 4. The fourth-order valence-electron chi connectivity index (χ4n) is 2.74. The summed E-state index contributed by atoms with van der Waals surface area (Å²) in [4.78, 5) is 14.1. The van der Waals surface area contributed by atoms with Crippen LogP contribution in [-0.2, 0) is 31.3 Å². The number of ether oxygens (including phenoxy) is 1. The average Bonchev–Trinajstić information content (AvgIpc) is 3.02. The lowest BCUT2D eigenvalue weighted by Crippen LogP contribution is -2.43. The van der Waals surface area contributed by atoms with Crippen molar-refractivity contribution in [1.82, 2.24) is 20.2 Å². The monoisotopic (exact) mass is 386 g/mol. The Balaban J connectivity index is 2.01. The van der Waals surface area contributed by atoms with E-state index in [2.05, 4.69) is 15.4 Å². The van der Waals surface area contributed by atoms with Crippen molar-refractivity contribution in [3.63, 3.8) is 0 Å². The molecule has 0 radical (unpaired) electrons. The van der Waals surface area contributed by atoms with Crippen LogP contribution in [0, 0.1) is 5.92 Å². The normalized spacial score (nSPS) is 17.4. The second-order valence-corrected chi connectivity index (χ2v) is 11.1. The summed E-state index contributed by atoms with van der Waals surface area (Å²) in [6.07, 6.45) is 2.19. The Kier molecular flexibility index (Phi) is 6.22. The fraction of sp³-hybridized carbons (Fsp3) is 0.882. The molecule has 9 heteroatoms. The van der Waals surface area contributed by atoms with Gasteiger partial charge in [0.05, 0.1) is 17.7 Å². The summed E-state index contributed by atoms with van der Waals surface area (Å²) in [7, 11) is -3.57. The third-order valence-corrected chi connectivity index (χ3v) is 7.51. The Morgan fingerprint density at radius 3 is 2.35 bits per heavy atom. The van der Waals surface area contributed by atoms with E-state index in [0.29, 0.717) is 25.6 Å². The molecule has 0 N–H and O–H groups in total. The number of carbonyl (C=O) groups excluding carboxylic acids is 1. The molecule has 0 unspecified atom stereocenters. The first kappa shape index (κ1) is 21.0. The SMILES string of the molecule is CC(C)(C)n1nnc(CC(=O)C(C)(C)S(=O)(=O)CCC2CCOCC2)n1. The minimum atomic E-state index is -3.57. The Bertz CT molecular complexity index is 728. The molecular formula is C17H30N4O4S. The van der Waals surface area contributed by atoms with Crippen molar-refractivity contribution in [2.45, 2.75) is 70.6 Å². The number of rotatable bonds is 7. The van der Waals surface area contributed by atoms with Crippen molar-refractivity contribution < 1.29 is 17.9 Å². The van der Waals surface area contributed by atoms with E-state index < -0.39 is 20.4 Å². The predicted molar refractivity (Wildman–Crippen MR) is 97.5 cm³/mol. The van der Waals surface area contributed by atoms with E-state index in [4.69, 9.17) is 4.74 Å². The average molecular weight is 387 g/mol. The molecule has 0 atom stereocenters. The zero-order valence-corrected chi connectivity index (χ0v) is 17.2. The van der Waals surface area contributed by atoms with Gasteiger partial charge in [-0.3, -0.25) is 4.79 Å². The first-order chi connectivity index (χ1) is 11.9. The maximum Gasteiger partial charge on any atom is 0.182 e. The second-order valence-electron chi connectivity index (χ2n) is 8.44. The van der Waals surface area contributed by atoms with Crippen LogP contribution < -0.4 is 0 Å². The number of aromatic nitrogens is 4. The van der Waals surface area contributed by atoms with Crippen LogP contribution in [-0.4, -0.2) is 58.1 Å². The van der Waals surface area contributed by atoms with Gasteiger partial charge in [-0.1, -0.05) is 0 Å². The van der Waals surface area contributed by atoms with Crippen molar-refractivity contribution in [2.75, 3.05) is 19.0 Å². The summed E-state index contributed by atoms with van der Waals surface area (Å²) in [5.74, 6) is 0.201. The van der Waals surface area contributed by atoms with Crippen molar-refractivity contribution in [3.05, 3.63) is 5.82 Å². The van der Waals surface area contributed by atoms with Crippen molar-refractivity contribution >= 4 is 15.6 Å². The zero-order chi connectivity index (χ0) is 19.6. The Labute approximate surface area is 155 Å². The van der Waals surface area contributed by atoms with Gasteiger partial charge in [-0.25, -0.2) is 8.42 Å². The summed E-state index contributed by atoms with van der Waals surface area (Å²) in [5.41, 5.74) is -0.348. The highest BCUT2D eigenvalue weighted by molar-refractivity contribution is 7.93. The van der Waals surface area contributed by atoms with Crippen molar-refractivity contribution in [3.8, 4) is 0 Å². The lowest BCUT2D eigenvalue weighted by atomic mass is 9.98. The fourth-order valence-corrected chi connectivity index (χ4v) is 4.31. The van der Waals surface area contributed by atoms with Gasteiger partial charge in [0.25, 0.3) is 0 Å². The molecule has 1 aromatic rings. The molecule has 1 aromatic heterocycles. The molecule has 0 bridgehead atoms. The molecule has 0 aromatic carbocycles. The van der Waals surface area contributed by atoms with E-state index in [1.165, 1.54) is 18.6 Å². The van der Waals surface area contributed by atoms with E-state index in [1.54, 1.807) is 0 Å². The van der Waals surface area contributed by atoms with Crippen molar-refractivity contribution in [2.24, 2.45) is 5.92 Å². The van der Waals surface area contributed by atoms with E-state index in [1.807, 2.05) is 20.8 Å². The smallest absolute Gasteiger partial charge is 0.182 e. The Morgan fingerprint density at radius 1 is 1.19 bits per heavy atom. The van der Waals surface area contributed by atoms with Gasteiger partial charge in [-0.15, -0.1) is 10.2 Å². The van der Waals surface area contributed by atoms with E-state index in [0.717, 1.165) is 12.8 Å². The van der Waals surface area contributed by atoms with E-state index >= 15 is 0 Å². The molecule has 1 aliphatic heterocycles. The molecule has 0 aliphatic carbocycles. The van der Waals surface area contributed by atoms with Gasteiger partial charge in [-0.05, 0) is 65.0 Å². The van der Waals surface area contributed by atoms with Gasteiger partial charge >= 0.3 is 0 Å². The highest BCUT2D eigenvalue weighted by Gasteiger charge is 2.41. The lowest BCUT2D eigenvalue weighted by molar-refractivity contribution is -0.120. The van der Waals surface area contributed by atoms with Gasteiger partial charge in [0.1, 0.15) is 4.75 Å². The molecule has 0 saturated carbocycles. The quantitative estimate of drug-likeness (QED) is 0.700. The second kappa shape index (κ2) is 7.72. The molecule has 1 fully saturated rings. The van der Waals surface area contributed by atoms with Gasteiger partial charge < -0.3 is 4.74 Å². The van der Waals surface area contributed by atoms with E-state index in [9.17, 15) is 13.2 Å². The van der Waals surface area contributed by atoms with Gasteiger partial charge in [0, 0.05) is 13.2 Å². The summed E-state index contributed by atoms with van der Waals surface area (Å²) >= 11 is 0. The summed E-state index contributed by atoms with van der Waals surface area (Å²) in [6, 6.07) is 0. The molecule has 26 heavy (non-hydrogen) atoms. The van der Waals surface area contributed by atoms with Crippen LogP contribution in [0.15, 0.2) is 0 Å². The number of ketones is 1. The first-order valence-electron chi connectivity index (χ1n) is 9.06. The minimum Gasteiger partial charge on any atom is -0.381 e. The number of Topliss-reactive ketones (excluding diaryl/α,β-unsaturated/α-hetero) is 1. The molecule has 2 rings (SSSR count). The minimum absolute atomic E-state index is 0.0124. The van der Waals surface area contributed by atoms with Crippen LogP contribution in [0.2, 0.25) is 0 Å². The van der Waals surface area contributed by atoms with Gasteiger partial charge in [0.2, 0.25) is 0 Å². The third kappa shape index (κ3) is 4.88. The van der Waals surface area contributed by atoms with Crippen molar-refractivity contribution in [1.29, 1.82) is 0 Å². The number of hydrogen-bond donors (Lipinski definition) is 0. The van der Waals surface area contributed by atoms with E-state index in [-0.39, 0.29) is 23.5 Å². The third-order valence-electron chi connectivity index (χ3n) is 4.96. The summed E-state index contributed by atoms with van der Waals surface area (Å²) in [5, 5.41) is 12.0. The maximum atomic E-state index is 12.8. The largest absolute Gasteiger partial charge is 0.381 e. The highest BCUT2D eigenvalue weighted by atomic mass is 32.2. The molecular weight excluding hydrogens is 356 g/mol.